The molecule has 0 spiro atoms. The van der Waals surface area contributed by atoms with Gasteiger partial charge in [-0.15, -0.1) is 0 Å². The van der Waals surface area contributed by atoms with Crippen LogP contribution < -0.4 is 0 Å². The molecule has 1 unspecified atom stereocenters. The van der Waals surface area contributed by atoms with E-state index in [1.807, 2.05) is 0 Å². The van der Waals surface area contributed by atoms with E-state index in [1.165, 1.54) is 116 Å². The Kier molecular flexibility index (Phi) is 17.1. The molecule has 0 amide bonds. The van der Waals surface area contributed by atoms with E-state index in [0.29, 0.717) is 0 Å². The lowest BCUT2D eigenvalue weighted by Crippen LogP contribution is -1.95. The second-order valence-electron chi connectivity index (χ2n) is 7.34. The monoisotopic (exact) mass is 314 g/mol. The zero-order valence-corrected chi connectivity index (χ0v) is 16.4. The Morgan fingerprint density at radius 2 is 0.571 bits per heavy atom. The van der Waals surface area contributed by atoms with Gasteiger partial charge in [-0.05, 0) is 5.92 Å². The molecule has 21 heavy (non-hydrogen) atoms. The van der Waals surface area contributed by atoms with E-state index >= 15 is 0 Å². The van der Waals surface area contributed by atoms with Gasteiger partial charge in [0.15, 0.2) is 0 Å². The van der Waals surface area contributed by atoms with Crippen LogP contribution in [0.5, 0.6) is 0 Å². The molecule has 0 N–H and O–H groups in total. The number of hydrogen-bond acceptors (Lipinski definition) is 0. The zero-order chi connectivity index (χ0) is 14.3. The lowest BCUT2D eigenvalue weighted by atomic mass is 9.96. The Morgan fingerprint density at radius 1 is 0.381 bits per heavy atom. The smallest absolute Gasteiger partial charge is 0.0443 e. The molecule has 1 fully saturated rings. The third kappa shape index (κ3) is 15.1. The Labute approximate surface area is 138 Å². The first-order valence-corrected chi connectivity index (χ1v) is 9.89. The standard InChI is InChI=1S/C20H40.H3P/c1-20-18-16-14-12-10-8-6-4-2-3-5-7-9-11-13-15-17-19-20;/h20H,2-19H2,1H3;1H3. The van der Waals surface area contributed by atoms with Crippen LogP contribution in [0.15, 0.2) is 0 Å². The summed E-state index contributed by atoms with van der Waals surface area (Å²) in [6.07, 6.45) is 26.9. The highest BCUT2D eigenvalue weighted by Crippen LogP contribution is 2.19. The summed E-state index contributed by atoms with van der Waals surface area (Å²) in [5.41, 5.74) is 0. The van der Waals surface area contributed by atoms with Gasteiger partial charge in [-0.3, -0.25) is 0 Å². The molecular formula is C20H43P. The third-order valence-electron chi connectivity index (χ3n) is 5.14. The molecule has 0 saturated heterocycles. The van der Waals surface area contributed by atoms with Crippen LogP contribution in [-0.4, -0.2) is 0 Å². The topological polar surface area (TPSA) is 0 Å². The van der Waals surface area contributed by atoms with Gasteiger partial charge in [0.1, 0.15) is 0 Å². The second-order valence-corrected chi connectivity index (χ2v) is 7.34. The summed E-state index contributed by atoms with van der Waals surface area (Å²) in [5.74, 6) is 0.983. The molecule has 1 heteroatoms. The maximum absolute atomic E-state index is 2.47. The molecule has 1 aliphatic carbocycles. The van der Waals surface area contributed by atoms with Gasteiger partial charge in [-0.2, -0.15) is 9.90 Å². The molecule has 0 aromatic heterocycles. The Morgan fingerprint density at radius 3 is 0.810 bits per heavy atom. The molecule has 1 aliphatic rings. The van der Waals surface area contributed by atoms with Crippen LogP contribution in [0, 0.1) is 5.92 Å². The van der Waals surface area contributed by atoms with Crippen LogP contribution in [0.1, 0.15) is 122 Å². The third-order valence-corrected chi connectivity index (χ3v) is 5.14. The van der Waals surface area contributed by atoms with Crippen molar-refractivity contribution in [2.75, 3.05) is 0 Å². The van der Waals surface area contributed by atoms with Gasteiger partial charge < -0.3 is 0 Å². The van der Waals surface area contributed by atoms with Crippen LogP contribution in [0.4, 0.5) is 0 Å². The van der Waals surface area contributed by atoms with Crippen LogP contribution in [0.3, 0.4) is 0 Å². The van der Waals surface area contributed by atoms with E-state index in [0.717, 1.165) is 5.92 Å². The molecule has 1 atom stereocenters. The molecular weight excluding hydrogens is 271 g/mol. The van der Waals surface area contributed by atoms with E-state index < -0.39 is 0 Å². The summed E-state index contributed by atoms with van der Waals surface area (Å²) in [7, 11) is 0. The minimum Gasteiger partial charge on any atom is -0.153 e. The SMILES string of the molecule is CC1CCCCCCCCCCCCCCCCCC1.P. The summed E-state index contributed by atoms with van der Waals surface area (Å²) in [4.78, 5) is 0. The summed E-state index contributed by atoms with van der Waals surface area (Å²) in [6.45, 7) is 2.47. The maximum atomic E-state index is 2.47. The van der Waals surface area contributed by atoms with Gasteiger partial charge >= 0.3 is 0 Å². The number of rotatable bonds is 0. The summed E-state index contributed by atoms with van der Waals surface area (Å²) < 4.78 is 0. The van der Waals surface area contributed by atoms with Crippen LogP contribution in [0.25, 0.3) is 0 Å². The zero-order valence-electron chi connectivity index (χ0n) is 15.0. The van der Waals surface area contributed by atoms with Crippen LogP contribution in [-0.2, 0) is 0 Å². The molecule has 0 aliphatic heterocycles. The fourth-order valence-electron chi connectivity index (χ4n) is 3.60. The highest BCUT2D eigenvalue weighted by atomic mass is 31.0. The van der Waals surface area contributed by atoms with Crippen molar-refractivity contribution >= 4 is 9.90 Å². The average Bonchev–Trinajstić information content (AvgIpc) is 2.45. The summed E-state index contributed by atoms with van der Waals surface area (Å²) in [5, 5.41) is 0. The largest absolute Gasteiger partial charge is 0.153 e. The normalized spacial score (nSPS) is 23.3. The van der Waals surface area contributed by atoms with Gasteiger partial charge in [0.25, 0.3) is 0 Å². The van der Waals surface area contributed by atoms with E-state index in [2.05, 4.69) is 6.92 Å². The summed E-state index contributed by atoms with van der Waals surface area (Å²) >= 11 is 0. The van der Waals surface area contributed by atoms with Crippen molar-refractivity contribution in [2.24, 2.45) is 5.92 Å². The van der Waals surface area contributed by atoms with E-state index in [-0.39, 0.29) is 9.90 Å². The predicted molar refractivity (Wildman–Crippen MR) is 103 cm³/mol. The van der Waals surface area contributed by atoms with Gasteiger partial charge in [0.05, 0.1) is 0 Å². The fraction of sp³-hybridized carbons (Fsp3) is 1.00. The highest BCUT2D eigenvalue weighted by molar-refractivity contribution is 6.92. The Hall–Kier alpha value is 0.430. The van der Waals surface area contributed by atoms with E-state index in [4.69, 9.17) is 0 Å². The average molecular weight is 315 g/mol. The van der Waals surface area contributed by atoms with Crippen molar-refractivity contribution in [2.45, 2.75) is 122 Å². The van der Waals surface area contributed by atoms with Crippen LogP contribution >= 0.6 is 9.90 Å². The molecule has 0 aromatic rings. The molecule has 0 nitrogen and oxygen atoms in total. The fourth-order valence-corrected chi connectivity index (χ4v) is 3.60. The molecule has 0 bridgehead atoms. The minimum absolute atomic E-state index is 0. The van der Waals surface area contributed by atoms with Gasteiger partial charge in [-0.25, -0.2) is 0 Å². The molecule has 1 rings (SSSR count). The lowest BCUT2D eigenvalue weighted by Gasteiger charge is -2.11. The quantitative estimate of drug-likeness (QED) is 0.401. The molecule has 0 radical (unpaired) electrons. The first-order chi connectivity index (χ1) is 9.89. The maximum Gasteiger partial charge on any atom is -0.0443 e. The first kappa shape index (κ1) is 21.4. The van der Waals surface area contributed by atoms with E-state index in [9.17, 15) is 0 Å². The minimum atomic E-state index is 0. The molecule has 1 saturated carbocycles. The van der Waals surface area contributed by atoms with Gasteiger partial charge in [0, 0.05) is 0 Å². The molecule has 128 valence electrons. The van der Waals surface area contributed by atoms with Crippen LogP contribution in [0.2, 0.25) is 0 Å². The molecule has 0 aromatic carbocycles. The highest BCUT2D eigenvalue weighted by Gasteiger charge is 2.02. The second kappa shape index (κ2) is 16.8. The van der Waals surface area contributed by atoms with Gasteiger partial charge in [-0.1, -0.05) is 122 Å². The van der Waals surface area contributed by atoms with Gasteiger partial charge in [0.2, 0.25) is 0 Å². The van der Waals surface area contributed by atoms with Crippen molar-refractivity contribution in [3.05, 3.63) is 0 Å². The summed E-state index contributed by atoms with van der Waals surface area (Å²) in [6, 6.07) is 0. The van der Waals surface area contributed by atoms with Crippen molar-refractivity contribution in [3.63, 3.8) is 0 Å². The van der Waals surface area contributed by atoms with E-state index in [1.54, 1.807) is 0 Å². The predicted octanol–water partition coefficient (Wildman–Crippen LogP) is 7.72. The Bertz CT molecular complexity index is 170. The number of hydrogen-bond donors (Lipinski definition) is 0. The first-order valence-electron chi connectivity index (χ1n) is 9.89. The molecule has 0 heterocycles. The lowest BCUT2D eigenvalue weighted by molar-refractivity contribution is 0.431. The van der Waals surface area contributed by atoms with Crippen molar-refractivity contribution in [3.8, 4) is 0 Å². The van der Waals surface area contributed by atoms with Crippen molar-refractivity contribution in [1.82, 2.24) is 0 Å². The Balaban J connectivity index is 0.00000400. The van der Waals surface area contributed by atoms with Crippen molar-refractivity contribution in [1.29, 1.82) is 0 Å². The van der Waals surface area contributed by atoms with Crippen molar-refractivity contribution < 1.29 is 0 Å².